The van der Waals surface area contributed by atoms with Crippen molar-refractivity contribution in [1.29, 1.82) is 0 Å². The van der Waals surface area contributed by atoms with Crippen LogP contribution in [-0.2, 0) is 6.42 Å². The summed E-state index contributed by atoms with van der Waals surface area (Å²) >= 11 is 0. The molecule has 0 saturated carbocycles. The van der Waals surface area contributed by atoms with Gasteiger partial charge in [0, 0.05) is 11.3 Å². The zero-order valence-corrected chi connectivity index (χ0v) is 12.6. The molecule has 1 aromatic carbocycles. The van der Waals surface area contributed by atoms with Crippen molar-refractivity contribution in [3.63, 3.8) is 0 Å². The quantitative estimate of drug-likeness (QED) is 0.832. The summed E-state index contributed by atoms with van der Waals surface area (Å²) in [7, 11) is 0. The average Bonchev–Trinajstić information content (AvgIpc) is 2.91. The van der Waals surface area contributed by atoms with E-state index in [4.69, 9.17) is 10.2 Å². The molecule has 1 aliphatic rings. The molecule has 3 rings (SSSR count). The van der Waals surface area contributed by atoms with Crippen molar-refractivity contribution in [2.75, 3.05) is 5.73 Å². The molecular formula is C17H20N2O2. The molecule has 2 aromatic rings. The van der Waals surface area contributed by atoms with Gasteiger partial charge in [-0.05, 0) is 56.9 Å². The van der Waals surface area contributed by atoms with Crippen LogP contribution in [-0.4, -0.2) is 5.91 Å². The van der Waals surface area contributed by atoms with E-state index in [-0.39, 0.29) is 11.9 Å². The first-order valence-corrected chi connectivity index (χ1v) is 7.23. The maximum atomic E-state index is 12.5. The van der Waals surface area contributed by atoms with Crippen molar-refractivity contribution in [1.82, 2.24) is 5.32 Å². The monoisotopic (exact) mass is 284 g/mol. The van der Waals surface area contributed by atoms with Crippen LogP contribution < -0.4 is 11.1 Å². The number of anilines is 1. The van der Waals surface area contributed by atoms with Crippen molar-refractivity contribution in [2.24, 2.45) is 0 Å². The van der Waals surface area contributed by atoms with E-state index in [2.05, 4.69) is 5.32 Å². The van der Waals surface area contributed by atoms with Crippen LogP contribution in [0.5, 0.6) is 0 Å². The fraction of sp³-hybridized carbons (Fsp3) is 0.353. The average molecular weight is 284 g/mol. The highest BCUT2D eigenvalue weighted by molar-refractivity contribution is 5.97. The van der Waals surface area contributed by atoms with E-state index in [1.165, 1.54) is 11.1 Å². The summed E-state index contributed by atoms with van der Waals surface area (Å²) < 4.78 is 5.54. The minimum absolute atomic E-state index is 0.0575. The number of carbonyl (C=O) groups is 1. The lowest BCUT2D eigenvalue weighted by Crippen LogP contribution is -2.27. The number of hydrogen-bond donors (Lipinski definition) is 2. The molecule has 1 heterocycles. The van der Waals surface area contributed by atoms with Gasteiger partial charge in [0.05, 0.1) is 11.6 Å². The smallest absolute Gasteiger partial charge is 0.255 e. The summed E-state index contributed by atoms with van der Waals surface area (Å²) in [5.74, 6) is 1.42. The Bertz CT molecular complexity index is 716. The number of fused-ring (bicyclic) bond motifs is 1. The van der Waals surface area contributed by atoms with Crippen molar-refractivity contribution in [2.45, 2.75) is 39.7 Å². The molecular weight excluding hydrogens is 264 g/mol. The summed E-state index contributed by atoms with van der Waals surface area (Å²) in [6, 6.07) is 5.96. The van der Waals surface area contributed by atoms with E-state index < -0.39 is 0 Å². The Morgan fingerprint density at radius 1 is 1.29 bits per heavy atom. The lowest BCUT2D eigenvalue weighted by molar-refractivity contribution is 0.0934. The third-order valence-corrected chi connectivity index (χ3v) is 4.34. The third-order valence-electron chi connectivity index (χ3n) is 4.34. The Morgan fingerprint density at radius 3 is 2.71 bits per heavy atom. The first kappa shape index (κ1) is 13.7. The summed E-state index contributed by atoms with van der Waals surface area (Å²) in [4.78, 5) is 12.5. The SMILES string of the molecule is Cc1oc(C)c(C(=O)NC2CCc3cc(N)ccc32)c1C. The molecule has 4 nitrogen and oxygen atoms in total. The number of amides is 1. The van der Waals surface area contributed by atoms with Gasteiger partial charge in [-0.2, -0.15) is 0 Å². The predicted molar refractivity (Wildman–Crippen MR) is 82.3 cm³/mol. The third kappa shape index (κ3) is 2.31. The highest BCUT2D eigenvalue weighted by Gasteiger charge is 2.26. The van der Waals surface area contributed by atoms with Gasteiger partial charge in [-0.25, -0.2) is 0 Å². The Morgan fingerprint density at radius 2 is 2.05 bits per heavy atom. The second kappa shape index (κ2) is 4.95. The number of hydrogen-bond acceptors (Lipinski definition) is 3. The van der Waals surface area contributed by atoms with E-state index in [9.17, 15) is 4.79 Å². The highest BCUT2D eigenvalue weighted by atomic mass is 16.3. The maximum Gasteiger partial charge on any atom is 0.255 e. The molecule has 1 unspecified atom stereocenters. The number of carbonyl (C=O) groups excluding carboxylic acids is 1. The molecule has 1 amide bonds. The van der Waals surface area contributed by atoms with E-state index >= 15 is 0 Å². The summed E-state index contributed by atoms with van der Waals surface area (Å²) in [6.07, 6.45) is 1.87. The van der Waals surface area contributed by atoms with Crippen LogP contribution in [0.15, 0.2) is 22.6 Å². The summed E-state index contributed by atoms with van der Waals surface area (Å²) in [6.45, 7) is 5.63. The van der Waals surface area contributed by atoms with Crippen molar-refractivity contribution in [3.8, 4) is 0 Å². The second-order valence-corrected chi connectivity index (χ2v) is 5.74. The molecule has 110 valence electrons. The van der Waals surface area contributed by atoms with Gasteiger partial charge in [-0.3, -0.25) is 4.79 Å². The molecule has 0 bridgehead atoms. The van der Waals surface area contributed by atoms with Gasteiger partial charge >= 0.3 is 0 Å². The van der Waals surface area contributed by atoms with Gasteiger partial charge in [0.2, 0.25) is 0 Å². The molecule has 21 heavy (non-hydrogen) atoms. The topological polar surface area (TPSA) is 68.3 Å². The predicted octanol–water partition coefficient (Wildman–Crippen LogP) is 3.20. The number of nitrogens with one attached hydrogen (secondary N) is 1. The number of furan rings is 1. The van der Waals surface area contributed by atoms with Crippen LogP contribution in [0.2, 0.25) is 0 Å². The highest BCUT2D eigenvalue weighted by Crippen LogP contribution is 2.33. The maximum absolute atomic E-state index is 12.5. The van der Waals surface area contributed by atoms with Crippen LogP contribution >= 0.6 is 0 Å². The Kier molecular flexibility index (Phi) is 3.24. The molecule has 0 radical (unpaired) electrons. The van der Waals surface area contributed by atoms with E-state index in [1.54, 1.807) is 0 Å². The molecule has 3 N–H and O–H groups in total. The van der Waals surface area contributed by atoms with Crippen molar-refractivity contribution < 1.29 is 9.21 Å². The minimum atomic E-state index is -0.0588. The van der Waals surface area contributed by atoms with Crippen LogP contribution in [0.1, 0.15) is 51.0 Å². The molecule has 0 spiro atoms. The van der Waals surface area contributed by atoms with Crippen LogP contribution in [0.3, 0.4) is 0 Å². The normalized spacial score (nSPS) is 16.8. The van der Waals surface area contributed by atoms with Crippen LogP contribution in [0.4, 0.5) is 5.69 Å². The lowest BCUT2D eigenvalue weighted by atomic mass is 10.1. The van der Waals surface area contributed by atoms with E-state index in [0.717, 1.165) is 29.9 Å². The number of nitrogen functional groups attached to an aromatic ring is 1. The molecule has 0 aliphatic heterocycles. The molecule has 0 fully saturated rings. The number of benzene rings is 1. The minimum Gasteiger partial charge on any atom is -0.466 e. The summed E-state index contributed by atoms with van der Waals surface area (Å²) in [5.41, 5.74) is 10.6. The van der Waals surface area contributed by atoms with E-state index in [1.807, 2.05) is 39.0 Å². The molecule has 0 saturated heterocycles. The first-order chi connectivity index (χ1) is 9.97. The van der Waals surface area contributed by atoms with Gasteiger partial charge in [-0.15, -0.1) is 0 Å². The van der Waals surface area contributed by atoms with Crippen LogP contribution in [0, 0.1) is 20.8 Å². The van der Waals surface area contributed by atoms with Gasteiger partial charge in [0.25, 0.3) is 5.91 Å². The van der Waals surface area contributed by atoms with Crippen molar-refractivity contribution in [3.05, 3.63) is 52.0 Å². The standard InChI is InChI=1S/C17H20N2O2/c1-9-10(2)21-11(3)16(9)17(20)19-15-7-4-12-8-13(18)5-6-14(12)15/h5-6,8,15H,4,7,18H2,1-3H3,(H,19,20). The zero-order valence-electron chi connectivity index (χ0n) is 12.6. The second-order valence-electron chi connectivity index (χ2n) is 5.74. The lowest BCUT2D eigenvalue weighted by Gasteiger charge is -2.14. The molecule has 1 aliphatic carbocycles. The van der Waals surface area contributed by atoms with Crippen LogP contribution in [0.25, 0.3) is 0 Å². The van der Waals surface area contributed by atoms with E-state index in [0.29, 0.717) is 11.3 Å². The van der Waals surface area contributed by atoms with Gasteiger partial charge < -0.3 is 15.5 Å². The fourth-order valence-electron chi connectivity index (χ4n) is 3.15. The van der Waals surface area contributed by atoms with Gasteiger partial charge in [0.15, 0.2) is 0 Å². The van der Waals surface area contributed by atoms with Gasteiger partial charge in [-0.1, -0.05) is 6.07 Å². The number of nitrogens with two attached hydrogens (primary N) is 1. The number of aryl methyl sites for hydroxylation is 3. The Balaban J connectivity index is 1.84. The molecule has 4 heteroatoms. The Labute approximate surface area is 124 Å². The largest absolute Gasteiger partial charge is 0.466 e. The molecule has 1 aromatic heterocycles. The zero-order chi connectivity index (χ0) is 15.1. The number of rotatable bonds is 2. The molecule has 1 atom stereocenters. The Hall–Kier alpha value is -2.23. The fourth-order valence-corrected chi connectivity index (χ4v) is 3.15. The van der Waals surface area contributed by atoms with Gasteiger partial charge in [0.1, 0.15) is 11.5 Å². The summed E-state index contributed by atoms with van der Waals surface area (Å²) in [5, 5.41) is 3.13. The van der Waals surface area contributed by atoms with Crippen molar-refractivity contribution >= 4 is 11.6 Å². The first-order valence-electron chi connectivity index (χ1n) is 7.23.